The summed E-state index contributed by atoms with van der Waals surface area (Å²) in [5, 5.41) is 23.4. The van der Waals surface area contributed by atoms with E-state index in [2.05, 4.69) is 25.7 Å². The highest BCUT2D eigenvalue weighted by Crippen LogP contribution is 2.25. The Morgan fingerprint density at radius 1 is 0.838 bits per heavy atom. The van der Waals surface area contributed by atoms with Gasteiger partial charge in [-0.25, -0.2) is 4.79 Å². The maximum absolute atomic E-state index is 12.0. The molecule has 0 radical (unpaired) electrons. The molecule has 0 aliphatic rings. The summed E-state index contributed by atoms with van der Waals surface area (Å²) in [5.41, 5.74) is 19.4. The highest BCUT2D eigenvalue weighted by atomic mass is 127. The molecule has 0 saturated carbocycles. The molecule has 0 saturated heterocycles. The second-order valence-electron chi connectivity index (χ2n) is 6.89. The molecular formula is C22H24I2N8O5. The van der Waals surface area contributed by atoms with Gasteiger partial charge >= 0.3 is 5.97 Å². The number of carbonyl (C=O) groups is 2. The number of methoxy groups -OCH3 is 2. The first kappa shape index (κ1) is 29.5. The first-order chi connectivity index (χ1) is 17.6. The van der Waals surface area contributed by atoms with Crippen molar-refractivity contribution in [3.05, 3.63) is 67.3 Å². The highest BCUT2D eigenvalue weighted by Gasteiger charge is 2.14. The number of ether oxygens (including phenoxy) is 2. The maximum atomic E-state index is 12.0. The van der Waals surface area contributed by atoms with Gasteiger partial charge in [-0.3, -0.25) is 15.0 Å². The van der Waals surface area contributed by atoms with Gasteiger partial charge in [0.15, 0.2) is 5.69 Å². The van der Waals surface area contributed by atoms with E-state index in [1.165, 1.54) is 6.20 Å². The van der Waals surface area contributed by atoms with E-state index in [4.69, 9.17) is 31.8 Å². The molecule has 4 aromatic rings. The molecule has 4 rings (SSSR count). The van der Waals surface area contributed by atoms with Gasteiger partial charge in [0, 0.05) is 12.1 Å². The van der Waals surface area contributed by atoms with Crippen LogP contribution in [0.5, 0.6) is 11.5 Å². The molecule has 0 aliphatic heterocycles. The zero-order valence-corrected chi connectivity index (χ0v) is 23.9. The number of H-pyrrole nitrogens is 2. The smallest absolute Gasteiger partial charge is 0.355 e. The number of carbonyl (C=O) groups excluding carboxylic acids is 1. The molecular weight excluding hydrogens is 710 g/mol. The Labute approximate surface area is 238 Å². The van der Waals surface area contributed by atoms with E-state index in [0.29, 0.717) is 37.8 Å². The summed E-state index contributed by atoms with van der Waals surface area (Å²) in [7, 11) is 3.14. The number of hydrogen-bond donors (Lipinski definition) is 7. The average molecular weight is 734 g/mol. The van der Waals surface area contributed by atoms with Crippen LogP contribution in [-0.4, -0.2) is 51.6 Å². The SMILES string of the molecule is COc1ccc(N)c(N)c1.COc1ccc(N)c(NC(=O)c2[nH]ncc2I)c1.O=C(O)c1[nH]ncc1I. The van der Waals surface area contributed by atoms with E-state index in [1.807, 2.05) is 45.2 Å². The fourth-order valence-corrected chi connectivity index (χ4v) is 3.48. The lowest BCUT2D eigenvalue weighted by atomic mass is 10.2. The molecule has 0 unspecified atom stereocenters. The lowest BCUT2D eigenvalue weighted by Gasteiger charge is -2.09. The molecule has 2 heterocycles. The van der Waals surface area contributed by atoms with E-state index < -0.39 is 5.97 Å². The number of nitrogens with zero attached hydrogens (tertiary/aromatic N) is 2. The molecule has 2 aromatic carbocycles. The maximum Gasteiger partial charge on any atom is 0.355 e. The quantitative estimate of drug-likeness (QED) is 0.117. The van der Waals surface area contributed by atoms with Crippen molar-refractivity contribution in [1.82, 2.24) is 20.4 Å². The number of carboxylic acid groups (broad SMARTS) is 1. The predicted octanol–water partition coefficient (Wildman–Crippen LogP) is 3.43. The molecule has 196 valence electrons. The summed E-state index contributed by atoms with van der Waals surface area (Å²) in [5.74, 6) is 0.0826. The zero-order chi connectivity index (χ0) is 27.5. The zero-order valence-electron chi connectivity index (χ0n) is 19.6. The molecule has 1 amide bonds. The van der Waals surface area contributed by atoms with Gasteiger partial charge in [0.2, 0.25) is 0 Å². The molecule has 0 atom stereocenters. The third-order valence-electron chi connectivity index (χ3n) is 4.43. The second kappa shape index (κ2) is 14.1. The van der Waals surface area contributed by atoms with Crippen molar-refractivity contribution in [3.63, 3.8) is 0 Å². The Morgan fingerprint density at radius 3 is 1.78 bits per heavy atom. The van der Waals surface area contributed by atoms with E-state index in [0.717, 1.165) is 9.32 Å². The summed E-state index contributed by atoms with van der Waals surface area (Å²) in [6, 6.07) is 10.2. The number of rotatable bonds is 5. The van der Waals surface area contributed by atoms with Crippen LogP contribution in [0, 0.1) is 7.14 Å². The predicted molar refractivity (Wildman–Crippen MR) is 157 cm³/mol. The number of aromatic amines is 2. The Balaban J connectivity index is 0.000000214. The summed E-state index contributed by atoms with van der Waals surface area (Å²) < 4.78 is 11.4. The van der Waals surface area contributed by atoms with E-state index >= 15 is 0 Å². The van der Waals surface area contributed by atoms with Crippen LogP contribution >= 0.6 is 45.2 Å². The lowest BCUT2D eigenvalue weighted by Crippen LogP contribution is -2.15. The number of nitrogens with one attached hydrogen (secondary N) is 3. The third-order valence-corrected chi connectivity index (χ3v) is 6.07. The fourth-order valence-electron chi connectivity index (χ4n) is 2.49. The van der Waals surface area contributed by atoms with Gasteiger partial charge in [0.05, 0.1) is 56.5 Å². The fraction of sp³-hybridized carbons (Fsp3) is 0.0909. The number of halogens is 2. The Kier molecular flexibility index (Phi) is 11.2. The number of amides is 1. The van der Waals surface area contributed by atoms with Gasteiger partial charge in [0.1, 0.15) is 17.2 Å². The van der Waals surface area contributed by atoms with Gasteiger partial charge in [0.25, 0.3) is 5.91 Å². The van der Waals surface area contributed by atoms with Gasteiger partial charge in [-0.1, -0.05) is 0 Å². The monoisotopic (exact) mass is 734 g/mol. The Bertz CT molecular complexity index is 1360. The topological polar surface area (TPSA) is 220 Å². The lowest BCUT2D eigenvalue weighted by molar-refractivity contribution is 0.0689. The average Bonchev–Trinajstić information content (AvgIpc) is 3.51. The van der Waals surface area contributed by atoms with Crippen LogP contribution in [0.15, 0.2) is 48.8 Å². The van der Waals surface area contributed by atoms with Crippen LogP contribution in [0.1, 0.15) is 21.0 Å². The molecule has 37 heavy (non-hydrogen) atoms. The van der Waals surface area contributed by atoms with Gasteiger partial charge in [-0.15, -0.1) is 0 Å². The standard InChI is InChI=1S/C11H11IN4O2.C7H10N2O.C4H3IN2O2/c1-18-6-2-3-8(13)9(4-6)15-11(17)10-7(12)5-14-16-10;1-10-5-2-3-6(8)7(9)4-5;5-2-1-6-7-3(2)4(8)9/h2-5H,13H2,1H3,(H,14,16)(H,15,17);2-4H,8-9H2,1H3;1H,(H,6,7)(H,8,9). The van der Waals surface area contributed by atoms with Crippen LogP contribution < -0.4 is 32.0 Å². The van der Waals surface area contributed by atoms with Crippen molar-refractivity contribution < 1.29 is 24.2 Å². The number of carboxylic acids is 1. The molecule has 0 spiro atoms. The summed E-state index contributed by atoms with van der Waals surface area (Å²) in [6.45, 7) is 0. The normalized spacial score (nSPS) is 9.73. The first-order valence-electron chi connectivity index (χ1n) is 10.1. The Hall–Kier alpha value is -3.74. The van der Waals surface area contributed by atoms with Crippen molar-refractivity contribution in [2.45, 2.75) is 0 Å². The van der Waals surface area contributed by atoms with Crippen LogP contribution in [0.4, 0.5) is 22.7 Å². The van der Waals surface area contributed by atoms with Crippen molar-refractivity contribution in [2.75, 3.05) is 36.7 Å². The number of nitrogen functional groups attached to an aromatic ring is 3. The van der Waals surface area contributed by atoms with Gasteiger partial charge < -0.3 is 37.1 Å². The number of aromatic carboxylic acids is 1. The van der Waals surface area contributed by atoms with Crippen molar-refractivity contribution in [1.29, 1.82) is 0 Å². The minimum Gasteiger partial charge on any atom is -0.497 e. The van der Waals surface area contributed by atoms with Crippen molar-refractivity contribution >= 4 is 79.8 Å². The van der Waals surface area contributed by atoms with Crippen LogP contribution in [0.2, 0.25) is 0 Å². The van der Waals surface area contributed by atoms with Crippen molar-refractivity contribution in [2.24, 2.45) is 0 Å². The second-order valence-corrected chi connectivity index (χ2v) is 9.22. The minimum atomic E-state index is -0.975. The van der Waals surface area contributed by atoms with Crippen LogP contribution in [0.25, 0.3) is 0 Å². The van der Waals surface area contributed by atoms with Crippen molar-refractivity contribution in [3.8, 4) is 11.5 Å². The Morgan fingerprint density at radius 2 is 1.35 bits per heavy atom. The van der Waals surface area contributed by atoms with Gasteiger partial charge in [-0.2, -0.15) is 10.2 Å². The van der Waals surface area contributed by atoms with Gasteiger partial charge in [-0.05, 0) is 69.4 Å². The van der Waals surface area contributed by atoms with E-state index in [1.54, 1.807) is 56.8 Å². The number of hydrogen-bond acceptors (Lipinski definition) is 9. The number of nitrogens with two attached hydrogens (primary N) is 3. The number of aromatic nitrogens is 4. The molecule has 0 bridgehead atoms. The van der Waals surface area contributed by atoms with E-state index in [9.17, 15) is 9.59 Å². The first-order valence-corrected chi connectivity index (χ1v) is 12.3. The highest BCUT2D eigenvalue weighted by molar-refractivity contribution is 14.1. The molecule has 2 aromatic heterocycles. The molecule has 10 N–H and O–H groups in total. The number of anilines is 4. The molecule has 0 fully saturated rings. The summed E-state index contributed by atoms with van der Waals surface area (Å²) >= 11 is 3.92. The molecule has 0 aliphatic carbocycles. The largest absolute Gasteiger partial charge is 0.497 e. The summed E-state index contributed by atoms with van der Waals surface area (Å²) in [4.78, 5) is 22.2. The summed E-state index contributed by atoms with van der Waals surface area (Å²) in [6.07, 6.45) is 3.04. The molecule has 15 heteroatoms. The third kappa shape index (κ3) is 8.70. The van der Waals surface area contributed by atoms with Crippen LogP contribution in [-0.2, 0) is 0 Å². The minimum absolute atomic E-state index is 0.149. The van der Waals surface area contributed by atoms with E-state index in [-0.39, 0.29) is 11.6 Å². The number of benzene rings is 2. The van der Waals surface area contributed by atoms with Crippen LogP contribution in [0.3, 0.4) is 0 Å². The molecule has 13 nitrogen and oxygen atoms in total.